The largest absolute Gasteiger partial charge is 0.389 e. The molecule has 0 saturated heterocycles. The molecule has 1 aromatic heterocycles. The summed E-state index contributed by atoms with van der Waals surface area (Å²) in [6, 6.07) is 2.03. The molecule has 0 bridgehead atoms. The number of thiophene rings is 1. The molecule has 1 amide bonds. The van der Waals surface area contributed by atoms with E-state index in [4.69, 9.17) is 0 Å². The molecule has 0 atom stereocenters. The summed E-state index contributed by atoms with van der Waals surface area (Å²) in [6.07, 6.45) is 5.02. The highest BCUT2D eigenvalue weighted by Gasteiger charge is 2.32. The number of rotatable bonds is 4. The lowest BCUT2D eigenvalue weighted by atomic mass is 9.82. The van der Waals surface area contributed by atoms with Crippen molar-refractivity contribution in [3.05, 3.63) is 20.8 Å². The Morgan fingerprint density at radius 2 is 2.16 bits per heavy atom. The number of carbonyl (C=O) groups is 1. The zero-order valence-electron chi connectivity index (χ0n) is 11.2. The normalized spacial score (nSPS) is 18.3. The molecular weight excluding hydrogens is 326 g/mol. The van der Waals surface area contributed by atoms with Crippen molar-refractivity contribution in [3.63, 3.8) is 0 Å². The van der Waals surface area contributed by atoms with Crippen molar-refractivity contribution in [3.8, 4) is 0 Å². The molecule has 1 saturated carbocycles. The van der Waals surface area contributed by atoms with E-state index in [-0.39, 0.29) is 12.3 Å². The molecule has 0 unspecified atom stereocenters. The van der Waals surface area contributed by atoms with Gasteiger partial charge in [0.1, 0.15) is 0 Å². The molecule has 3 nitrogen and oxygen atoms in total. The summed E-state index contributed by atoms with van der Waals surface area (Å²) in [5, 5.41) is 12.4. The minimum Gasteiger partial charge on any atom is -0.389 e. The molecule has 2 rings (SSSR count). The third-order valence-electron chi connectivity index (χ3n) is 3.71. The van der Waals surface area contributed by atoms with Gasteiger partial charge in [-0.05, 0) is 34.8 Å². The van der Waals surface area contributed by atoms with Gasteiger partial charge in [-0.3, -0.25) is 4.79 Å². The number of nitrogens with zero attached hydrogens (tertiary/aromatic N) is 1. The minimum atomic E-state index is -0.764. The van der Waals surface area contributed by atoms with E-state index < -0.39 is 5.60 Å². The van der Waals surface area contributed by atoms with Crippen LogP contribution in [-0.2, 0) is 11.3 Å². The van der Waals surface area contributed by atoms with Crippen LogP contribution < -0.4 is 0 Å². The van der Waals surface area contributed by atoms with Gasteiger partial charge >= 0.3 is 0 Å². The van der Waals surface area contributed by atoms with Crippen LogP contribution >= 0.6 is 27.3 Å². The standard InChI is InChI=1S/C14H20BrNO2S/c1-16(9-12-7-11(15)10-19-12)13(17)8-14(18)5-3-2-4-6-14/h7,10,18H,2-6,8-9H2,1H3. The van der Waals surface area contributed by atoms with Crippen LogP contribution in [0.25, 0.3) is 0 Å². The molecule has 0 aliphatic heterocycles. The van der Waals surface area contributed by atoms with Gasteiger partial charge in [-0.2, -0.15) is 0 Å². The van der Waals surface area contributed by atoms with Crippen molar-refractivity contribution >= 4 is 33.2 Å². The molecule has 1 heterocycles. The summed E-state index contributed by atoms with van der Waals surface area (Å²) >= 11 is 5.05. The molecule has 0 spiro atoms. The van der Waals surface area contributed by atoms with E-state index in [0.29, 0.717) is 6.54 Å². The predicted octanol–water partition coefficient (Wildman–Crippen LogP) is 3.55. The number of carbonyl (C=O) groups excluding carboxylic acids is 1. The topological polar surface area (TPSA) is 40.5 Å². The molecule has 0 aromatic carbocycles. The Bertz CT molecular complexity index is 440. The van der Waals surface area contributed by atoms with E-state index in [1.807, 2.05) is 18.5 Å². The van der Waals surface area contributed by atoms with Crippen LogP contribution in [0, 0.1) is 0 Å². The molecule has 1 fully saturated rings. The van der Waals surface area contributed by atoms with E-state index in [1.54, 1.807) is 16.2 Å². The zero-order chi connectivity index (χ0) is 13.9. The van der Waals surface area contributed by atoms with Gasteiger partial charge in [0.15, 0.2) is 0 Å². The fourth-order valence-corrected chi connectivity index (χ4v) is 4.07. The maximum atomic E-state index is 12.2. The Balaban J connectivity index is 1.88. The Hall–Kier alpha value is -0.390. The number of amides is 1. The molecule has 0 radical (unpaired) electrons. The summed E-state index contributed by atoms with van der Waals surface area (Å²) in [5.41, 5.74) is -0.764. The van der Waals surface area contributed by atoms with Gasteiger partial charge in [0, 0.05) is 21.8 Å². The van der Waals surface area contributed by atoms with Gasteiger partial charge in [0.25, 0.3) is 0 Å². The lowest BCUT2D eigenvalue weighted by Gasteiger charge is -2.32. The van der Waals surface area contributed by atoms with E-state index in [9.17, 15) is 9.90 Å². The molecule has 19 heavy (non-hydrogen) atoms. The highest BCUT2D eigenvalue weighted by Crippen LogP contribution is 2.31. The van der Waals surface area contributed by atoms with E-state index in [2.05, 4.69) is 15.9 Å². The molecular formula is C14H20BrNO2S. The highest BCUT2D eigenvalue weighted by molar-refractivity contribution is 9.10. The maximum Gasteiger partial charge on any atom is 0.225 e. The van der Waals surface area contributed by atoms with Crippen LogP contribution in [0.15, 0.2) is 15.9 Å². The van der Waals surface area contributed by atoms with Crippen molar-refractivity contribution < 1.29 is 9.90 Å². The lowest BCUT2D eigenvalue weighted by molar-refractivity contribution is -0.137. The van der Waals surface area contributed by atoms with Crippen molar-refractivity contribution in [2.24, 2.45) is 0 Å². The SMILES string of the molecule is CN(Cc1cc(Br)cs1)C(=O)CC1(O)CCCCC1. The van der Waals surface area contributed by atoms with E-state index in [0.717, 1.165) is 35.0 Å². The van der Waals surface area contributed by atoms with Gasteiger partial charge < -0.3 is 10.0 Å². The van der Waals surface area contributed by atoms with Crippen LogP contribution in [0.3, 0.4) is 0 Å². The second-order valence-electron chi connectivity index (χ2n) is 5.44. The quantitative estimate of drug-likeness (QED) is 0.906. The van der Waals surface area contributed by atoms with Crippen LogP contribution in [0.4, 0.5) is 0 Å². The molecule has 1 aliphatic carbocycles. The fraction of sp³-hybridized carbons (Fsp3) is 0.643. The van der Waals surface area contributed by atoms with E-state index >= 15 is 0 Å². The summed E-state index contributed by atoms with van der Waals surface area (Å²) in [7, 11) is 1.81. The molecule has 5 heteroatoms. The first-order chi connectivity index (χ1) is 8.98. The van der Waals surface area contributed by atoms with Crippen molar-refractivity contribution in [1.29, 1.82) is 0 Å². The maximum absolute atomic E-state index is 12.2. The summed E-state index contributed by atoms with van der Waals surface area (Å²) in [4.78, 5) is 15.1. The lowest BCUT2D eigenvalue weighted by Crippen LogP contribution is -2.38. The summed E-state index contributed by atoms with van der Waals surface area (Å²) in [5.74, 6) is 0.0360. The highest BCUT2D eigenvalue weighted by atomic mass is 79.9. The van der Waals surface area contributed by atoms with Crippen LogP contribution in [0.2, 0.25) is 0 Å². The average molecular weight is 346 g/mol. The molecule has 1 N–H and O–H groups in total. The van der Waals surface area contributed by atoms with E-state index in [1.165, 1.54) is 6.42 Å². The van der Waals surface area contributed by atoms with Gasteiger partial charge in [0.05, 0.1) is 18.6 Å². The first kappa shape index (κ1) is 15.0. The monoisotopic (exact) mass is 345 g/mol. The first-order valence-electron chi connectivity index (χ1n) is 6.68. The van der Waals surface area contributed by atoms with Crippen molar-refractivity contribution in [2.45, 2.75) is 50.7 Å². The predicted molar refractivity (Wildman–Crippen MR) is 81.1 cm³/mol. The Labute approximate surface area is 126 Å². The number of hydrogen-bond donors (Lipinski definition) is 1. The minimum absolute atomic E-state index is 0.0360. The van der Waals surface area contributed by atoms with Crippen molar-refractivity contribution in [2.75, 3.05) is 7.05 Å². The van der Waals surface area contributed by atoms with Crippen LogP contribution in [-0.4, -0.2) is 28.6 Å². The Morgan fingerprint density at radius 3 is 2.74 bits per heavy atom. The van der Waals surface area contributed by atoms with Crippen LogP contribution in [0.1, 0.15) is 43.4 Å². The molecule has 106 valence electrons. The average Bonchev–Trinajstić information content (AvgIpc) is 2.75. The molecule has 1 aromatic rings. The third-order valence-corrected chi connectivity index (χ3v) is 5.39. The van der Waals surface area contributed by atoms with Gasteiger partial charge in [-0.25, -0.2) is 0 Å². The van der Waals surface area contributed by atoms with Gasteiger partial charge in [0.2, 0.25) is 5.91 Å². The number of hydrogen-bond acceptors (Lipinski definition) is 3. The molecule has 1 aliphatic rings. The number of aliphatic hydroxyl groups is 1. The second-order valence-corrected chi connectivity index (χ2v) is 7.35. The Morgan fingerprint density at radius 1 is 1.47 bits per heavy atom. The fourth-order valence-electron chi connectivity index (χ4n) is 2.56. The van der Waals surface area contributed by atoms with Crippen LogP contribution in [0.5, 0.6) is 0 Å². The van der Waals surface area contributed by atoms with Crippen molar-refractivity contribution in [1.82, 2.24) is 4.90 Å². The van der Waals surface area contributed by atoms with Gasteiger partial charge in [-0.1, -0.05) is 19.3 Å². The zero-order valence-corrected chi connectivity index (χ0v) is 13.6. The Kier molecular flexibility index (Phi) is 5.03. The summed E-state index contributed by atoms with van der Waals surface area (Å²) in [6.45, 7) is 0.616. The number of halogens is 1. The smallest absolute Gasteiger partial charge is 0.225 e. The van der Waals surface area contributed by atoms with Gasteiger partial charge in [-0.15, -0.1) is 11.3 Å². The summed E-state index contributed by atoms with van der Waals surface area (Å²) < 4.78 is 1.05. The third kappa shape index (κ3) is 4.29. The second kappa shape index (κ2) is 6.37. The first-order valence-corrected chi connectivity index (χ1v) is 8.35.